The van der Waals surface area contributed by atoms with Gasteiger partial charge in [0.05, 0.1) is 18.3 Å². The average molecular weight is 451 g/mol. The number of nitrogens with zero attached hydrogens (tertiary/aromatic N) is 5. The number of carbonyl (C=O) groups excluding carboxylic acids is 2. The monoisotopic (exact) mass is 450 g/mol. The number of amides is 3. The Morgan fingerprint density at radius 2 is 1.84 bits per heavy atom. The number of nitrogens with one attached hydrogen (secondary N) is 1. The highest BCUT2D eigenvalue weighted by Crippen LogP contribution is 2.25. The molecular weight excluding hydrogens is 424 g/mol. The zero-order chi connectivity index (χ0) is 22.5. The van der Waals surface area contributed by atoms with Crippen LogP contribution in [-0.4, -0.2) is 50.0 Å². The van der Waals surface area contributed by atoms with Crippen LogP contribution >= 0.6 is 11.3 Å². The second-order valence-corrected chi connectivity index (χ2v) is 8.35. The third kappa shape index (κ3) is 4.62. The number of aromatic nitrogens is 3. The summed E-state index contributed by atoms with van der Waals surface area (Å²) < 4.78 is 0. The standard InChI is InChI=1S/C23H26N6O2S/c1-3-16-7-5-8-17(4-2)21(16)27-23(31)29-12-6-11-28(29)20(30)13-18-15-32-22(26-18)19-14-24-9-10-25-19/h5,7-10,14-15H,3-4,6,11-13H2,1-2H3,(H,27,31). The first-order chi connectivity index (χ1) is 15.6. The molecule has 9 heteroatoms. The molecule has 1 aliphatic rings. The SMILES string of the molecule is CCc1cccc(CC)c1NC(=O)N1CCCN1C(=O)Cc1csc(-c2cnccn2)n1. The number of hydrazine groups is 1. The maximum absolute atomic E-state index is 13.1. The lowest BCUT2D eigenvalue weighted by atomic mass is 10.0. The van der Waals surface area contributed by atoms with Gasteiger partial charge in [0, 0.05) is 36.6 Å². The zero-order valence-electron chi connectivity index (χ0n) is 18.2. The first kappa shape index (κ1) is 21.9. The van der Waals surface area contributed by atoms with E-state index in [1.54, 1.807) is 18.6 Å². The quantitative estimate of drug-likeness (QED) is 0.614. The predicted molar refractivity (Wildman–Crippen MR) is 124 cm³/mol. The van der Waals surface area contributed by atoms with Gasteiger partial charge in [-0.2, -0.15) is 0 Å². The molecule has 0 bridgehead atoms. The van der Waals surface area contributed by atoms with Gasteiger partial charge in [0.25, 0.3) is 0 Å². The van der Waals surface area contributed by atoms with E-state index < -0.39 is 0 Å². The maximum Gasteiger partial charge on any atom is 0.340 e. The Labute approximate surface area is 191 Å². The zero-order valence-corrected chi connectivity index (χ0v) is 19.1. The number of hydrogen-bond donors (Lipinski definition) is 1. The number of anilines is 1. The largest absolute Gasteiger partial charge is 0.340 e. The second kappa shape index (κ2) is 9.86. The molecule has 1 fully saturated rings. The van der Waals surface area contributed by atoms with Crippen LogP contribution in [0, 0.1) is 0 Å². The van der Waals surface area contributed by atoms with E-state index in [1.807, 2.05) is 23.6 Å². The summed E-state index contributed by atoms with van der Waals surface area (Å²) in [6, 6.07) is 5.80. The van der Waals surface area contributed by atoms with Crippen molar-refractivity contribution in [1.82, 2.24) is 25.0 Å². The summed E-state index contributed by atoms with van der Waals surface area (Å²) in [5, 5.41) is 8.70. The first-order valence-corrected chi connectivity index (χ1v) is 11.7. The van der Waals surface area contributed by atoms with Crippen LogP contribution in [-0.2, 0) is 24.1 Å². The Morgan fingerprint density at radius 3 is 2.53 bits per heavy atom. The van der Waals surface area contributed by atoms with E-state index in [0.717, 1.165) is 41.1 Å². The summed E-state index contributed by atoms with van der Waals surface area (Å²) in [5.41, 5.74) is 4.38. The number of carbonyl (C=O) groups is 2. The van der Waals surface area contributed by atoms with Crippen LogP contribution in [0.5, 0.6) is 0 Å². The number of aryl methyl sites for hydroxylation is 2. The Morgan fingerprint density at radius 1 is 1.09 bits per heavy atom. The summed E-state index contributed by atoms with van der Waals surface area (Å²) in [6.45, 7) is 5.16. The number of thiazole rings is 1. The van der Waals surface area contributed by atoms with Crippen LogP contribution in [0.2, 0.25) is 0 Å². The molecule has 1 aliphatic heterocycles. The predicted octanol–water partition coefficient (Wildman–Crippen LogP) is 3.95. The maximum atomic E-state index is 13.1. The van der Waals surface area contributed by atoms with Gasteiger partial charge in [-0.15, -0.1) is 11.3 Å². The lowest BCUT2D eigenvalue weighted by Gasteiger charge is -2.28. The molecular formula is C23H26N6O2S. The van der Waals surface area contributed by atoms with Crippen molar-refractivity contribution >= 4 is 29.0 Å². The van der Waals surface area contributed by atoms with Crippen molar-refractivity contribution in [2.75, 3.05) is 18.4 Å². The van der Waals surface area contributed by atoms with Crippen molar-refractivity contribution in [3.8, 4) is 10.7 Å². The topological polar surface area (TPSA) is 91.3 Å². The highest BCUT2D eigenvalue weighted by atomic mass is 32.1. The molecule has 2 aromatic heterocycles. The Bertz CT molecular complexity index is 1080. The van der Waals surface area contributed by atoms with Gasteiger partial charge in [-0.3, -0.25) is 14.8 Å². The molecule has 166 valence electrons. The van der Waals surface area contributed by atoms with E-state index in [2.05, 4.69) is 34.1 Å². The van der Waals surface area contributed by atoms with Crippen molar-refractivity contribution in [2.45, 2.75) is 39.5 Å². The Hall–Kier alpha value is -3.33. The fourth-order valence-electron chi connectivity index (χ4n) is 3.82. The molecule has 0 atom stereocenters. The van der Waals surface area contributed by atoms with Crippen LogP contribution in [0.3, 0.4) is 0 Å². The summed E-state index contributed by atoms with van der Waals surface area (Å²) >= 11 is 1.43. The first-order valence-electron chi connectivity index (χ1n) is 10.8. The van der Waals surface area contributed by atoms with Crippen LogP contribution in [0.1, 0.15) is 37.1 Å². The van der Waals surface area contributed by atoms with Gasteiger partial charge in [0.2, 0.25) is 5.91 Å². The minimum Gasteiger partial charge on any atom is -0.306 e. The third-order valence-corrected chi connectivity index (χ3v) is 6.36. The minimum atomic E-state index is -0.273. The van der Waals surface area contributed by atoms with Gasteiger partial charge in [-0.05, 0) is 30.4 Å². The fourth-order valence-corrected chi connectivity index (χ4v) is 4.60. The number of urea groups is 1. The highest BCUT2D eigenvalue weighted by molar-refractivity contribution is 7.13. The van der Waals surface area contributed by atoms with Crippen molar-refractivity contribution in [3.63, 3.8) is 0 Å². The van der Waals surface area contributed by atoms with Crippen LogP contribution in [0.25, 0.3) is 10.7 Å². The molecule has 3 amide bonds. The van der Waals surface area contributed by atoms with Crippen molar-refractivity contribution in [1.29, 1.82) is 0 Å². The van der Waals surface area contributed by atoms with Crippen LogP contribution in [0.15, 0.2) is 42.2 Å². The number of benzene rings is 1. The molecule has 0 radical (unpaired) electrons. The molecule has 32 heavy (non-hydrogen) atoms. The van der Waals surface area contributed by atoms with E-state index in [9.17, 15) is 9.59 Å². The van der Waals surface area contributed by atoms with Crippen molar-refractivity contribution < 1.29 is 9.59 Å². The Balaban J connectivity index is 1.45. The average Bonchev–Trinajstić information content (AvgIpc) is 3.50. The molecule has 1 N–H and O–H groups in total. The minimum absolute atomic E-state index is 0.131. The Kier molecular flexibility index (Phi) is 6.75. The van der Waals surface area contributed by atoms with E-state index in [1.165, 1.54) is 21.4 Å². The van der Waals surface area contributed by atoms with E-state index in [-0.39, 0.29) is 18.4 Å². The lowest BCUT2D eigenvalue weighted by Crippen LogP contribution is -2.47. The molecule has 0 aliphatic carbocycles. The normalized spacial score (nSPS) is 13.4. The lowest BCUT2D eigenvalue weighted by molar-refractivity contribution is -0.139. The molecule has 0 spiro atoms. The molecule has 3 heterocycles. The summed E-state index contributed by atoms with van der Waals surface area (Å²) in [7, 11) is 0. The van der Waals surface area contributed by atoms with Gasteiger partial charge in [0.1, 0.15) is 10.7 Å². The van der Waals surface area contributed by atoms with Crippen molar-refractivity contribution in [3.05, 3.63) is 59.0 Å². The number of rotatable bonds is 6. The summed E-state index contributed by atoms with van der Waals surface area (Å²) in [4.78, 5) is 39.0. The number of para-hydroxylation sites is 1. The third-order valence-electron chi connectivity index (χ3n) is 5.45. The van der Waals surface area contributed by atoms with Crippen molar-refractivity contribution in [2.24, 2.45) is 0 Å². The van der Waals surface area contributed by atoms with E-state index in [0.29, 0.717) is 24.5 Å². The molecule has 3 aromatic rings. The van der Waals surface area contributed by atoms with Gasteiger partial charge in [0.15, 0.2) is 0 Å². The molecule has 4 rings (SSSR count). The second-order valence-electron chi connectivity index (χ2n) is 7.49. The molecule has 8 nitrogen and oxygen atoms in total. The van der Waals surface area contributed by atoms with Gasteiger partial charge in [-0.25, -0.2) is 19.8 Å². The van der Waals surface area contributed by atoms with Crippen LogP contribution < -0.4 is 5.32 Å². The van der Waals surface area contributed by atoms with Gasteiger partial charge < -0.3 is 5.32 Å². The highest BCUT2D eigenvalue weighted by Gasteiger charge is 2.31. The fraction of sp³-hybridized carbons (Fsp3) is 0.348. The summed E-state index contributed by atoms with van der Waals surface area (Å²) in [5.74, 6) is -0.145. The number of hydrogen-bond acceptors (Lipinski definition) is 6. The van der Waals surface area contributed by atoms with Crippen LogP contribution in [0.4, 0.5) is 10.5 Å². The molecule has 1 saturated heterocycles. The van der Waals surface area contributed by atoms with Gasteiger partial charge in [-0.1, -0.05) is 32.0 Å². The summed E-state index contributed by atoms with van der Waals surface area (Å²) in [6.07, 6.45) is 7.40. The molecule has 0 unspecified atom stereocenters. The van der Waals surface area contributed by atoms with E-state index in [4.69, 9.17) is 0 Å². The molecule has 0 saturated carbocycles. The van der Waals surface area contributed by atoms with Gasteiger partial charge >= 0.3 is 6.03 Å². The van der Waals surface area contributed by atoms with E-state index >= 15 is 0 Å². The molecule has 1 aromatic carbocycles. The smallest absolute Gasteiger partial charge is 0.306 e.